The van der Waals surface area contributed by atoms with E-state index >= 15 is 0 Å². The number of carbonyl (C=O) groups excluding carboxylic acids is 2. The van der Waals surface area contributed by atoms with Crippen molar-refractivity contribution in [3.63, 3.8) is 0 Å². The summed E-state index contributed by atoms with van der Waals surface area (Å²) in [6.45, 7) is 2.33. The third kappa shape index (κ3) is 5.72. The van der Waals surface area contributed by atoms with Gasteiger partial charge in [0.05, 0.1) is 0 Å². The lowest BCUT2D eigenvalue weighted by Crippen LogP contribution is -2.42. The van der Waals surface area contributed by atoms with Gasteiger partial charge in [0.2, 0.25) is 5.91 Å². The van der Waals surface area contributed by atoms with Crippen LogP contribution in [0.5, 0.6) is 0 Å². The number of carboxylic acids is 1. The Balaban J connectivity index is 1.23. The van der Waals surface area contributed by atoms with Gasteiger partial charge in [-0.25, -0.2) is 9.59 Å². The fourth-order valence-electron chi connectivity index (χ4n) is 4.46. The van der Waals surface area contributed by atoms with Crippen LogP contribution in [0.4, 0.5) is 4.79 Å². The van der Waals surface area contributed by atoms with Gasteiger partial charge in [-0.3, -0.25) is 4.79 Å². The predicted octanol–water partition coefficient (Wildman–Crippen LogP) is 3.92. The van der Waals surface area contributed by atoms with Crippen LogP contribution in [0.25, 0.3) is 11.1 Å². The summed E-state index contributed by atoms with van der Waals surface area (Å²) in [4.78, 5) is 35.9. The highest BCUT2D eigenvalue weighted by atomic mass is 16.5. The van der Waals surface area contributed by atoms with Gasteiger partial charge in [0.25, 0.3) is 0 Å². The molecule has 7 heteroatoms. The van der Waals surface area contributed by atoms with Crippen molar-refractivity contribution in [2.24, 2.45) is 11.8 Å². The van der Waals surface area contributed by atoms with Crippen LogP contribution in [0.15, 0.2) is 48.5 Å². The number of ether oxygens (including phenoxy) is 1. The van der Waals surface area contributed by atoms with Crippen molar-refractivity contribution in [3.05, 3.63) is 59.7 Å². The molecule has 33 heavy (non-hydrogen) atoms. The maximum absolute atomic E-state index is 12.3. The predicted molar refractivity (Wildman–Crippen MR) is 124 cm³/mol. The topological polar surface area (TPSA) is 105 Å². The summed E-state index contributed by atoms with van der Waals surface area (Å²) in [5.41, 5.74) is 4.64. The molecule has 1 saturated carbocycles. The molecule has 174 valence electrons. The van der Waals surface area contributed by atoms with Crippen LogP contribution in [0.3, 0.4) is 0 Å². The van der Waals surface area contributed by atoms with Gasteiger partial charge in [0.15, 0.2) is 0 Å². The summed E-state index contributed by atoms with van der Waals surface area (Å²) < 4.78 is 5.51. The van der Waals surface area contributed by atoms with Crippen molar-refractivity contribution in [3.8, 4) is 11.1 Å². The molecule has 2 atom stereocenters. The number of carboxylic acid groups (broad SMARTS) is 1. The van der Waals surface area contributed by atoms with Gasteiger partial charge in [-0.15, -0.1) is 0 Å². The van der Waals surface area contributed by atoms with Gasteiger partial charge >= 0.3 is 12.1 Å². The Morgan fingerprint density at radius 1 is 1.03 bits per heavy atom. The zero-order chi connectivity index (χ0) is 23.4. The van der Waals surface area contributed by atoms with Crippen LogP contribution in [-0.4, -0.2) is 42.3 Å². The molecule has 2 aromatic rings. The lowest BCUT2D eigenvalue weighted by molar-refractivity contribution is -0.142. The molecular formula is C26H30N2O5. The molecule has 2 aromatic carbocycles. The summed E-state index contributed by atoms with van der Waals surface area (Å²) >= 11 is 0. The van der Waals surface area contributed by atoms with E-state index in [2.05, 4.69) is 34.9 Å². The standard InChI is InChI=1S/C26H30N2O5/c1-16(12-24(29)28-23(25(30)31)13-17-10-11-17)14-27-26(32)33-15-22-20-8-4-2-6-18(20)19-7-3-5-9-21(19)22/h2-9,16-17,22-23H,10-15H2,1H3,(H,27,32)(H,28,29)(H,30,31). The Labute approximate surface area is 193 Å². The highest BCUT2D eigenvalue weighted by Crippen LogP contribution is 2.44. The van der Waals surface area contributed by atoms with Gasteiger partial charge in [-0.1, -0.05) is 68.3 Å². The molecule has 2 aliphatic rings. The summed E-state index contributed by atoms with van der Waals surface area (Å²) in [5, 5.41) is 14.6. The second kappa shape index (κ2) is 10.1. The molecule has 0 spiro atoms. The minimum atomic E-state index is -1.00. The number of hydrogen-bond donors (Lipinski definition) is 3. The van der Waals surface area contributed by atoms with E-state index in [9.17, 15) is 19.5 Å². The number of rotatable bonds is 10. The fourth-order valence-corrected chi connectivity index (χ4v) is 4.46. The van der Waals surface area contributed by atoms with Crippen LogP contribution in [0.1, 0.15) is 49.7 Å². The van der Waals surface area contributed by atoms with E-state index in [0.29, 0.717) is 12.3 Å². The van der Waals surface area contributed by atoms with E-state index in [-0.39, 0.29) is 37.3 Å². The first-order valence-corrected chi connectivity index (χ1v) is 11.5. The molecular weight excluding hydrogens is 420 g/mol. The number of amides is 2. The number of benzene rings is 2. The third-order valence-electron chi connectivity index (χ3n) is 6.37. The summed E-state index contributed by atoms with van der Waals surface area (Å²) in [6, 6.07) is 15.5. The second-order valence-electron chi connectivity index (χ2n) is 9.15. The lowest BCUT2D eigenvalue weighted by Gasteiger charge is -2.17. The van der Waals surface area contributed by atoms with E-state index in [0.717, 1.165) is 24.0 Å². The van der Waals surface area contributed by atoms with Crippen LogP contribution in [-0.2, 0) is 14.3 Å². The molecule has 2 aliphatic carbocycles. The minimum Gasteiger partial charge on any atom is -0.480 e. The molecule has 0 aromatic heterocycles. The van der Waals surface area contributed by atoms with Crippen LogP contribution >= 0.6 is 0 Å². The smallest absolute Gasteiger partial charge is 0.407 e. The zero-order valence-electron chi connectivity index (χ0n) is 18.8. The largest absolute Gasteiger partial charge is 0.480 e. The quantitative estimate of drug-likeness (QED) is 0.509. The van der Waals surface area contributed by atoms with Gasteiger partial charge < -0.3 is 20.5 Å². The Kier molecular flexibility index (Phi) is 6.96. The first-order valence-electron chi connectivity index (χ1n) is 11.5. The van der Waals surface area contributed by atoms with Crippen molar-refractivity contribution in [1.29, 1.82) is 0 Å². The number of hydrogen-bond acceptors (Lipinski definition) is 4. The van der Waals surface area contributed by atoms with Crippen molar-refractivity contribution in [1.82, 2.24) is 10.6 Å². The second-order valence-corrected chi connectivity index (χ2v) is 9.15. The zero-order valence-corrected chi connectivity index (χ0v) is 18.8. The maximum Gasteiger partial charge on any atom is 0.407 e. The molecule has 7 nitrogen and oxygen atoms in total. The highest BCUT2D eigenvalue weighted by molar-refractivity contribution is 5.83. The number of aliphatic carboxylic acids is 1. The van der Waals surface area contributed by atoms with Crippen LogP contribution < -0.4 is 10.6 Å². The summed E-state index contributed by atoms with van der Waals surface area (Å²) in [5.74, 6) is -1.07. The lowest BCUT2D eigenvalue weighted by atomic mass is 9.98. The number of nitrogens with one attached hydrogen (secondary N) is 2. The summed E-state index contributed by atoms with van der Waals surface area (Å²) in [7, 11) is 0. The molecule has 0 heterocycles. The first-order chi connectivity index (χ1) is 15.9. The normalized spacial score (nSPS) is 16.3. The first kappa shape index (κ1) is 22.8. The van der Waals surface area contributed by atoms with Gasteiger partial charge in [-0.2, -0.15) is 0 Å². The third-order valence-corrected chi connectivity index (χ3v) is 6.37. The molecule has 3 N–H and O–H groups in total. The van der Waals surface area contributed by atoms with Crippen molar-refractivity contribution >= 4 is 18.0 Å². The van der Waals surface area contributed by atoms with Crippen molar-refractivity contribution in [2.45, 2.75) is 44.6 Å². The maximum atomic E-state index is 12.3. The Hall–Kier alpha value is -3.35. The average molecular weight is 451 g/mol. The van der Waals surface area contributed by atoms with E-state index in [1.165, 1.54) is 11.1 Å². The molecule has 0 radical (unpaired) electrons. The highest BCUT2D eigenvalue weighted by Gasteiger charge is 2.31. The Morgan fingerprint density at radius 2 is 1.64 bits per heavy atom. The fraction of sp³-hybridized carbons (Fsp3) is 0.423. The molecule has 1 fully saturated rings. The molecule has 0 bridgehead atoms. The number of alkyl carbamates (subject to hydrolysis) is 1. The molecule has 4 rings (SSSR count). The molecule has 0 aliphatic heterocycles. The van der Waals surface area contributed by atoms with Crippen molar-refractivity contribution in [2.75, 3.05) is 13.2 Å². The van der Waals surface area contributed by atoms with Gasteiger partial charge in [0, 0.05) is 18.9 Å². The van der Waals surface area contributed by atoms with E-state index in [4.69, 9.17) is 4.74 Å². The van der Waals surface area contributed by atoms with E-state index in [1.54, 1.807) is 0 Å². The number of fused-ring (bicyclic) bond motifs is 3. The Bertz CT molecular complexity index is 987. The number of carbonyl (C=O) groups is 3. The molecule has 2 unspecified atom stereocenters. The van der Waals surface area contributed by atoms with Crippen molar-refractivity contribution < 1.29 is 24.2 Å². The SMILES string of the molecule is CC(CNC(=O)OCC1c2ccccc2-c2ccccc21)CC(=O)NC(CC1CC1)C(=O)O. The van der Waals surface area contributed by atoms with Gasteiger partial charge in [0.1, 0.15) is 12.6 Å². The van der Waals surface area contributed by atoms with E-state index in [1.807, 2.05) is 31.2 Å². The van der Waals surface area contributed by atoms with Gasteiger partial charge in [-0.05, 0) is 40.5 Å². The molecule has 2 amide bonds. The Morgan fingerprint density at radius 3 is 2.21 bits per heavy atom. The minimum absolute atomic E-state index is 0.00855. The molecule has 0 saturated heterocycles. The monoisotopic (exact) mass is 450 g/mol. The van der Waals surface area contributed by atoms with Crippen LogP contribution in [0, 0.1) is 11.8 Å². The van der Waals surface area contributed by atoms with E-state index < -0.39 is 18.1 Å². The average Bonchev–Trinajstić information content (AvgIpc) is 3.56. The summed E-state index contributed by atoms with van der Waals surface area (Å²) in [6.07, 6.45) is 2.15. The van der Waals surface area contributed by atoms with Crippen LogP contribution in [0.2, 0.25) is 0 Å².